The molecule has 0 radical (unpaired) electrons. The van der Waals surface area contributed by atoms with Gasteiger partial charge in [0.25, 0.3) is 5.56 Å². The first-order valence-corrected chi connectivity index (χ1v) is 13.8. The Morgan fingerprint density at radius 1 is 1.18 bits per heavy atom. The molecule has 0 saturated heterocycles. The van der Waals surface area contributed by atoms with E-state index in [0.29, 0.717) is 38.5 Å². The molecule has 1 aliphatic rings. The minimum absolute atomic E-state index is 0.0917. The van der Waals surface area contributed by atoms with Gasteiger partial charge in [-0.3, -0.25) is 9.36 Å². The normalized spacial score (nSPS) is 15.4. The molecule has 4 aromatic rings. The van der Waals surface area contributed by atoms with Gasteiger partial charge in [-0.1, -0.05) is 53.8 Å². The number of hydrogen-bond acceptors (Lipinski definition) is 6. The lowest BCUT2D eigenvalue weighted by Crippen LogP contribution is -2.40. The number of allylic oxidation sites excluding steroid dienone is 2. The molecule has 1 unspecified atom stereocenters. The number of para-hydroxylation sites is 2. The van der Waals surface area contributed by atoms with E-state index < -0.39 is 12.0 Å². The molecule has 8 heteroatoms. The number of carbonyl (C=O) groups excluding carboxylic acids is 1. The van der Waals surface area contributed by atoms with Gasteiger partial charge in [0.2, 0.25) is 0 Å². The van der Waals surface area contributed by atoms with Crippen LogP contribution < -0.4 is 19.6 Å². The summed E-state index contributed by atoms with van der Waals surface area (Å²) in [5, 5.41) is 1.04. The van der Waals surface area contributed by atoms with Crippen LogP contribution in [0.2, 0.25) is 0 Å². The van der Waals surface area contributed by atoms with Gasteiger partial charge in [0.05, 0.1) is 28.5 Å². The standard InChI is InChI=1S/C31H31N3O4S/c1-6-16-33-18-21(22-12-8-10-14-24(22)33)17-26-29(35)34-28(23-13-9-11-15-25(23)38-19(3)4)27(30(36)37-7-2)20(5)32-31(34)39-26/h6,8-15,17-19,28H,1,7,16H2,2-5H3/b26-17-. The largest absolute Gasteiger partial charge is 0.491 e. The number of aromatic nitrogens is 2. The molecule has 39 heavy (non-hydrogen) atoms. The SMILES string of the molecule is C=CCn1cc(/C=c2\sc3n(c2=O)C(c2ccccc2OC(C)C)C(C(=O)OCC)=C(C)N=3)c2ccccc21. The molecule has 0 N–H and O–H groups in total. The summed E-state index contributed by atoms with van der Waals surface area (Å²) in [6.07, 6.45) is 5.69. The van der Waals surface area contributed by atoms with E-state index in [2.05, 4.69) is 17.2 Å². The average molecular weight is 542 g/mol. The Hall–Kier alpha value is -4.17. The molecule has 0 spiro atoms. The van der Waals surface area contributed by atoms with E-state index in [1.807, 2.05) is 74.7 Å². The number of nitrogens with zero attached hydrogens (tertiary/aromatic N) is 3. The van der Waals surface area contributed by atoms with Crippen molar-refractivity contribution in [1.82, 2.24) is 9.13 Å². The zero-order valence-electron chi connectivity index (χ0n) is 22.5. The molecule has 7 nitrogen and oxygen atoms in total. The van der Waals surface area contributed by atoms with Crippen LogP contribution in [0.1, 0.15) is 44.9 Å². The zero-order chi connectivity index (χ0) is 27.7. The fourth-order valence-corrected chi connectivity index (χ4v) is 6.01. The van der Waals surface area contributed by atoms with Crippen LogP contribution in [0.5, 0.6) is 5.75 Å². The number of benzene rings is 2. The number of fused-ring (bicyclic) bond motifs is 2. The topological polar surface area (TPSA) is 74.8 Å². The number of esters is 1. The van der Waals surface area contributed by atoms with Crippen LogP contribution in [0, 0.1) is 0 Å². The highest BCUT2D eigenvalue weighted by Gasteiger charge is 2.35. The minimum atomic E-state index is -0.737. The minimum Gasteiger partial charge on any atom is -0.491 e. The Morgan fingerprint density at radius 3 is 2.67 bits per heavy atom. The van der Waals surface area contributed by atoms with Crippen LogP contribution >= 0.6 is 11.3 Å². The molecule has 3 heterocycles. The lowest BCUT2D eigenvalue weighted by Gasteiger charge is -2.26. The number of rotatable bonds is 8. The summed E-state index contributed by atoms with van der Waals surface area (Å²) < 4.78 is 15.8. The molecule has 0 fully saturated rings. The molecule has 0 amide bonds. The monoisotopic (exact) mass is 541 g/mol. The quantitative estimate of drug-likeness (QED) is 0.239. The predicted octanol–water partition coefficient (Wildman–Crippen LogP) is 4.73. The lowest BCUT2D eigenvalue weighted by atomic mass is 9.95. The van der Waals surface area contributed by atoms with Crippen molar-refractivity contribution >= 4 is 34.3 Å². The van der Waals surface area contributed by atoms with Crippen LogP contribution in [-0.2, 0) is 16.1 Å². The van der Waals surface area contributed by atoms with Gasteiger partial charge >= 0.3 is 5.97 Å². The molecule has 0 aliphatic carbocycles. The van der Waals surface area contributed by atoms with E-state index in [4.69, 9.17) is 14.5 Å². The number of thiazole rings is 1. The van der Waals surface area contributed by atoms with Gasteiger partial charge in [-0.2, -0.15) is 0 Å². The second-order valence-corrected chi connectivity index (χ2v) is 10.6. The summed E-state index contributed by atoms with van der Waals surface area (Å²) in [7, 11) is 0. The van der Waals surface area contributed by atoms with Gasteiger partial charge in [0, 0.05) is 34.8 Å². The third-order valence-corrected chi connectivity index (χ3v) is 7.51. The van der Waals surface area contributed by atoms with E-state index in [1.54, 1.807) is 18.4 Å². The fourth-order valence-electron chi connectivity index (χ4n) is 4.98. The average Bonchev–Trinajstić information content (AvgIpc) is 3.40. The molecule has 2 aromatic heterocycles. The summed E-state index contributed by atoms with van der Waals surface area (Å²) in [5.41, 5.74) is 3.33. The summed E-state index contributed by atoms with van der Waals surface area (Å²) >= 11 is 1.31. The smallest absolute Gasteiger partial charge is 0.338 e. The Bertz CT molecular complexity index is 1790. The zero-order valence-corrected chi connectivity index (χ0v) is 23.3. The van der Waals surface area contributed by atoms with Crippen LogP contribution in [0.15, 0.2) is 88.4 Å². The molecular weight excluding hydrogens is 510 g/mol. The predicted molar refractivity (Wildman–Crippen MR) is 155 cm³/mol. The number of hydrogen-bond donors (Lipinski definition) is 0. The Balaban J connectivity index is 1.76. The van der Waals surface area contributed by atoms with Crippen molar-refractivity contribution in [2.75, 3.05) is 6.61 Å². The summed E-state index contributed by atoms with van der Waals surface area (Å²) in [6, 6.07) is 14.9. The first-order chi connectivity index (χ1) is 18.8. The maximum Gasteiger partial charge on any atom is 0.338 e. The highest BCUT2D eigenvalue weighted by Crippen LogP contribution is 2.36. The van der Waals surface area contributed by atoms with E-state index in [1.165, 1.54) is 11.3 Å². The van der Waals surface area contributed by atoms with Crippen LogP contribution in [-0.4, -0.2) is 27.8 Å². The summed E-state index contributed by atoms with van der Waals surface area (Å²) in [6.45, 7) is 12.2. The van der Waals surface area contributed by atoms with Crippen molar-refractivity contribution in [2.24, 2.45) is 4.99 Å². The maximum atomic E-state index is 14.1. The molecule has 1 atom stereocenters. The van der Waals surface area contributed by atoms with Crippen molar-refractivity contribution < 1.29 is 14.3 Å². The fraction of sp³-hybridized carbons (Fsp3) is 0.258. The van der Waals surface area contributed by atoms with Crippen LogP contribution in [0.3, 0.4) is 0 Å². The van der Waals surface area contributed by atoms with E-state index in [0.717, 1.165) is 16.5 Å². The summed E-state index contributed by atoms with van der Waals surface area (Å²) in [5.74, 6) is 0.112. The summed E-state index contributed by atoms with van der Waals surface area (Å²) in [4.78, 5) is 32.5. The Labute approximate surface area is 230 Å². The van der Waals surface area contributed by atoms with Gasteiger partial charge in [-0.25, -0.2) is 9.79 Å². The highest BCUT2D eigenvalue weighted by molar-refractivity contribution is 7.07. The molecule has 2 aromatic carbocycles. The molecule has 1 aliphatic heterocycles. The molecule has 5 rings (SSSR count). The third-order valence-electron chi connectivity index (χ3n) is 6.53. The first-order valence-electron chi connectivity index (χ1n) is 13.0. The van der Waals surface area contributed by atoms with Crippen LogP contribution in [0.25, 0.3) is 17.0 Å². The van der Waals surface area contributed by atoms with Crippen molar-refractivity contribution in [2.45, 2.75) is 46.4 Å². The Kier molecular flexibility index (Phi) is 7.39. The van der Waals surface area contributed by atoms with Gasteiger partial charge in [-0.05, 0) is 45.9 Å². The van der Waals surface area contributed by atoms with Crippen molar-refractivity contribution in [3.63, 3.8) is 0 Å². The molecule has 0 saturated carbocycles. The number of carbonyl (C=O) groups is 1. The second-order valence-electron chi connectivity index (χ2n) is 9.55. The highest BCUT2D eigenvalue weighted by atomic mass is 32.1. The maximum absolute atomic E-state index is 14.1. The van der Waals surface area contributed by atoms with Crippen molar-refractivity contribution in [3.05, 3.63) is 109 Å². The molecule has 0 bridgehead atoms. The van der Waals surface area contributed by atoms with Gasteiger partial charge in [0.1, 0.15) is 11.8 Å². The van der Waals surface area contributed by atoms with Crippen molar-refractivity contribution in [3.8, 4) is 5.75 Å². The second kappa shape index (κ2) is 10.9. The van der Waals surface area contributed by atoms with Gasteiger partial charge in [0.15, 0.2) is 4.80 Å². The van der Waals surface area contributed by atoms with Gasteiger partial charge in [-0.15, -0.1) is 6.58 Å². The van der Waals surface area contributed by atoms with Gasteiger partial charge < -0.3 is 14.0 Å². The Morgan fingerprint density at radius 2 is 1.92 bits per heavy atom. The lowest BCUT2D eigenvalue weighted by molar-refractivity contribution is -0.139. The first kappa shape index (κ1) is 26.4. The molecular formula is C31H31N3O4S. The number of ether oxygens (including phenoxy) is 2. The van der Waals surface area contributed by atoms with Crippen LogP contribution in [0.4, 0.5) is 0 Å². The third kappa shape index (κ3) is 4.88. The van der Waals surface area contributed by atoms with E-state index in [-0.39, 0.29) is 18.3 Å². The van der Waals surface area contributed by atoms with Crippen molar-refractivity contribution in [1.29, 1.82) is 0 Å². The van der Waals surface area contributed by atoms with E-state index in [9.17, 15) is 9.59 Å². The van der Waals surface area contributed by atoms with E-state index >= 15 is 0 Å². The molecule has 200 valence electrons.